The highest BCUT2D eigenvalue weighted by molar-refractivity contribution is 5.49. The van der Waals surface area contributed by atoms with Gasteiger partial charge in [0.25, 0.3) is 6.43 Å². The fourth-order valence-electron chi connectivity index (χ4n) is 1.01. The first kappa shape index (κ1) is 9.50. The van der Waals surface area contributed by atoms with Crippen molar-refractivity contribution in [2.75, 3.05) is 5.32 Å². The smallest absolute Gasteiger partial charge is 0.297 e. The normalized spacial score (nSPS) is 10.6. The second-order valence-corrected chi connectivity index (χ2v) is 2.69. The summed E-state index contributed by atoms with van der Waals surface area (Å²) < 4.78 is 24.5. The monoisotopic (exact) mass is 211 g/mol. The first-order chi connectivity index (χ1) is 7.25. The molecular weight excluding hydrogens is 204 g/mol. The van der Waals surface area contributed by atoms with Crippen LogP contribution in [0.5, 0.6) is 0 Å². The molecule has 0 spiro atoms. The van der Waals surface area contributed by atoms with E-state index < -0.39 is 12.2 Å². The number of hydrogen-bond donors (Lipinski definition) is 2. The predicted octanol–water partition coefficient (Wildman–Crippen LogP) is 1.88. The Morgan fingerprint density at radius 3 is 2.80 bits per heavy atom. The Kier molecular flexibility index (Phi) is 2.53. The predicted molar refractivity (Wildman–Crippen MR) is 48.9 cm³/mol. The lowest BCUT2D eigenvalue weighted by Gasteiger charge is -2.03. The largest absolute Gasteiger partial charge is 0.323 e. The lowest BCUT2D eigenvalue weighted by atomic mass is 10.5. The molecule has 5 nitrogen and oxygen atoms in total. The van der Waals surface area contributed by atoms with E-state index in [1.807, 2.05) is 0 Å². The highest BCUT2D eigenvalue weighted by Gasteiger charge is 2.10. The second kappa shape index (κ2) is 3.99. The molecule has 0 aliphatic rings. The molecule has 15 heavy (non-hydrogen) atoms. The quantitative estimate of drug-likeness (QED) is 0.813. The van der Waals surface area contributed by atoms with Crippen LogP contribution in [0.1, 0.15) is 12.2 Å². The lowest BCUT2D eigenvalue weighted by Crippen LogP contribution is -1.99. The van der Waals surface area contributed by atoms with Gasteiger partial charge in [-0.05, 0) is 6.07 Å². The van der Waals surface area contributed by atoms with Gasteiger partial charge in [0.05, 0.1) is 0 Å². The van der Waals surface area contributed by atoms with Gasteiger partial charge in [0.1, 0.15) is 5.82 Å². The van der Waals surface area contributed by atoms with Gasteiger partial charge in [0.2, 0.25) is 0 Å². The Morgan fingerprint density at radius 1 is 1.27 bits per heavy atom. The van der Waals surface area contributed by atoms with E-state index in [-0.39, 0.29) is 5.82 Å². The minimum Gasteiger partial charge on any atom is -0.323 e. The first-order valence-corrected chi connectivity index (χ1v) is 4.13. The Balaban J connectivity index is 2.18. The zero-order chi connectivity index (χ0) is 10.7. The molecule has 0 amide bonds. The van der Waals surface area contributed by atoms with E-state index in [2.05, 4.69) is 25.5 Å². The summed E-state index contributed by atoms with van der Waals surface area (Å²) in [5, 5.41) is 9.14. The maximum Gasteiger partial charge on any atom is 0.297 e. The van der Waals surface area contributed by atoms with Gasteiger partial charge in [-0.3, -0.25) is 5.10 Å². The molecule has 78 valence electrons. The molecule has 0 saturated heterocycles. The standard InChI is InChI=1S/C8H7F2N5/c9-7(10)8-11-3-1-5(14-8)13-6-2-4-12-15-6/h1-4,7H,(H2,11,12,13,14,15). The van der Waals surface area contributed by atoms with Gasteiger partial charge >= 0.3 is 0 Å². The fourth-order valence-corrected chi connectivity index (χ4v) is 1.01. The molecular formula is C8H7F2N5. The average molecular weight is 211 g/mol. The molecule has 7 heteroatoms. The number of halogens is 2. The molecule has 0 bridgehead atoms. The highest BCUT2D eigenvalue weighted by atomic mass is 19.3. The number of nitrogens with zero attached hydrogens (tertiary/aromatic N) is 3. The third kappa shape index (κ3) is 2.25. The van der Waals surface area contributed by atoms with Crippen LogP contribution in [-0.4, -0.2) is 20.2 Å². The van der Waals surface area contributed by atoms with Crippen molar-refractivity contribution in [1.82, 2.24) is 20.2 Å². The Labute approximate surface area is 83.6 Å². The maximum atomic E-state index is 12.3. The van der Waals surface area contributed by atoms with E-state index in [9.17, 15) is 8.78 Å². The molecule has 0 saturated carbocycles. The van der Waals surface area contributed by atoms with Gasteiger partial charge < -0.3 is 5.32 Å². The van der Waals surface area contributed by atoms with Crippen LogP contribution in [0.2, 0.25) is 0 Å². The van der Waals surface area contributed by atoms with Crippen LogP contribution in [-0.2, 0) is 0 Å². The summed E-state index contributed by atoms with van der Waals surface area (Å²) in [6.07, 6.45) is 0.201. The second-order valence-electron chi connectivity index (χ2n) is 2.69. The molecule has 0 aliphatic carbocycles. The zero-order valence-electron chi connectivity index (χ0n) is 7.48. The van der Waals surface area contributed by atoms with E-state index in [1.54, 1.807) is 12.3 Å². The number of rotatable bonds is 3. The summed E-state index contributed by atoms with van der Waals surface area (Å²) >= 11 is 0. The van der Waals surface area contributed by atoms with Crippen LogP contribution >= 0.6 is 0 Å². The van der Waals surface area contributed by atoms with Crippen LogP contribution in [0.25, 0.3) is 0 Å². The third-order valence-corrected chi connectivity index (χ3v) is 1.63. The van der Waals surface area contributed by atoms with Crippen LogP contribution in [0.4, 0.5) is 20.4 Å². The molecule has 0 aromatic carbocycles. The third-order valence-electron chi connectivity index (χ3n) is 1.63. The molecule has 2 rings (SSSR count). The summed E-state index contributed by atoms with van der Waals surface area (Å²) in [5.41, 5.74) is 0. The van der Waals surface area contributed by atoms with E-state index in [4.69, 9.17) is 0 Å². The summed E-state index contributed by atoms with van der Waals surface area (Å²) in [4.78, 5) is 7.06. The summed E-state index contributed by atoms with van der Waals surface area (Å²) in [5.74, 6) is 0.289. The van der Waals surface area contributed by atoms with Crippen molar-refractivity contribution in [2.45, 2.75) is 6.43 Å². The molecule has 2 heterocycles. The van der Waals surface area contributed by atoms with Crippen LogP contribution in [0.3, 0.4) is 0 Å². The van der Waals surface area contributed by atoms with Crippen molar-refractivity contribution >= 4 is 11.6 Å². The van der Waals surface area contributed by atoms with Crippen molar-refractivity contribution in [2.24, 2.45) is 0 Å². The fraction of sp³-hybridized carbons (Fsp3) is 0.125. The number of H-pyrrole nitrogens is 1. The Hall–Kier alpha value is -2.05. The number of nitrogens with one attached hydrogen (secondary N) is 2. The van der Waals surface area contributed by atoms with Crippen molar-refractivity contribution < 1.29 is 8.78 Å². The van der Waals surface area contributed by atoms with Crippen molar-refractivity contribution in [3.63, 3.8) is 0 Å². The topological polar surface area (TPSA) is 66.5 Å². The van der Waals surface area contributed by atoms with Crippen LogP contribution in [0, 0.1) is 0 Å². The van der Waals surface area contributed by atoms with Gasteiger partial charge in [-0.1, -0.05) is 0 Å². The van der Waals surface area contributed by atoms with E-state index in [0.29, 0.717) is 5.82 Å². The number of aromatic amines is 1. The molecule has 0 fully saturated rings. The molecule has 0 radical (unpaired) electrons. The molecule has 0 aliphatic heterocycles. The summed E-state index contributed by atoms with van der Waals surface area (Å²) in [7, 11) is 0. The molecule has 2 N–H and O–H groups in total. The average Bonchev–Trinajstić information content (AvgIpc) is 2.71. The van der Waals surface area contributed by atoms with Crippen molar-refractivity contribution in [3.05, 3.63) is 30.4 Å². The van der Waals surface area contributed by atoms with E-state index in [1.165, 1.54) is 12.3 Å². The van der Waals surface area contributed by atoms with E-state index >= 15 is 0 Å². The minimum absolute atomic E-state index is 0.285. The number of anilines is 2. The van der Waals surface area contributed by atoms with Gasteiger partial charge in [0, 0.05) is 18.5 Å². The number of hydrogen-bond acceptors (Lipinski definition) is 4. The van der Waals surface area contributed by atoms with Gasteiger partial charge in [-0.25, -0.2) is 18.7 Å². The summed E-state index contributed by atoms with van der Waals surface area (Å²) in [6.45, 7) is 0. The zero-order valence-corrected chi connectivity index (χ0v) is 7.48. The first-order valence-electron chi connectivity index (χ1n) is 4.13. The number of aromatic nitrogens is 4. The minimum atomic E-state index is -2.68. The van der Waals surface area contributed by atoms with E-state index in [0.717, 1.165) is 0 Å². The van der Waals surface area contributed by atoms with Crippen molar-refractivity contribution in [3.8, 4) is 0 Å². The summed E-state index contributed by atoms with van der Waals surface area (Å²) in [6, 6.07) is 3.14. The number of alkyl halides is 2. The van der Waals surface area contributed by atoms with Crippen LogP contribution in [0.15, 0.2) is 24.5 Å². The Bertz CT molecular complexity index is 428. The Morgan fingerprint density at radius 2 is 2.13 bits per heavy atom. The maximum absolute atomic E-state index is 12.3. The molecule has 2 aromatic rings. The highest BCUT2D eigenvalue weighted by Crippen LogP contribution is 2.16. The molecule has 0 unspecified atom stereocenters. The van der Waals surface area contributed by atoms with Crippen molar-refractivity contribution in [1.29, 1.82) is 0 Å². The van der Waals surface area contributed by atoms with Crippen LogP contribution < -0.4 is 5.32 Å². The SMILES string of the molecule is FC(F)c1nccc(Nc2cc[nH]n2)n1. The van der Waals surface area contributed by atoms with Gasteiger partial charge in [-0.2, -0.15) is 5.10 Å². The molecule has 2 aromatic heterocycles. The lowest BCUT2D eigenvalue weighted by molar-refractivity contribution is 0.140. The molecule has 0 atom stereocenters. The van der Waals surface area contributed by atoms with Gasteiger partial charge in [0.15, 0.2) is 11.6 Å². The van der Waals surface area contributed by atoms with Gasteiger partial charge in [-0.15, -0.1) is 0 Å².